The molecule has 0 saturated heterocycles. The maximum absolute atomic E-state index is 12.6. The van der Waals surface area contributed by atoms with Gasteiger partial charge in [-0.1, -0.05) is 193 Å². The number of carbonyl (C=O) groups excluding carboxylic acids is 2. The molecule has 3 atom stereocenters. The summed E-state index contributed by atoms with van der Waals surface area (Å²) in [6.07, 6.45) is 41.7. The summed E-state index contributed by atoms with van der Waals surface area (Å²) in [7, 11) is -4.61. The molecule has 0 aromatic carbocycles. The molecule has 0 aliphatic heterocycles. The van der Waals surface area contributed by atoms with Crippen molar-refractivity contribution in [3.05, 3.63) is 12.2 Å². The molecule has 0 saturated carbocycles. The molecule has 0 heterocycles. The minimum absolute atomic E-state index is 0.186. The van der Waals surface area contributed by atoms with E-state index in [0.717, 1.165) is 38.5 Å². The summed E-state index contributed by atoms with van der Waals surface area (Å²) >= 11 is 0. The number of hydrogen-bond acceptors (Lipinski definition) is 9. The normalized spacial score (nSPS) is 13.8. The molecule has 338 valence electrons. The van der Waals surface area contributed by atoms with E-state index in [1.807, 2.05) is 0 Å². The number of allylic oxidation sites excluding steroid dienone is 2. The first kappa shape index (κ1) is 55.7. The number of phosphoric acid groups is 1. The van der Waals surface area contributed by atoms with Crippen LogP contribution in [0.3, 0.4) is 0 Å². The number of carbonyl (C=O) groups is 2. The highest BCUT2D eigenvalue weighted by Crippen LogP contribution is 2.43. The van der Waals surface area contributed by atoms with Gasteiger partial charge >= 0.3 is 19.8 Å². The number of phosphoric ester groups is 1. The average Bonchev–Trinajstić information content (AvgIpc) is 3.20. The van der Waals surface area contributed by atoms with E-state index in [0.29, 0.717) is 12.8 Å². The van der Waals surface area contributed by atoms with Crippen LogP contribution in [-0.2, 0) is 32.7 Å². The summed E-state index contributed by atoms with van der Waals surface area (Å²) < 4.78 is 32.8. The van der Waals surface area contributed by atoms with E-state index in [-0.39, 0.29) is 19.4 Å². The smallest absolute Gasteiger partial charge is 0.462 e. The highest BCUT2D eigenvalue weighted by Gasteiger charge is 2.27. The quantitative estimate of drug-likeness (QED) is 0.0234. The molecule has 10 nitrogen and oxygen atoms in total. The molecular formula is C46H89O10P. The Morgan fingerprint density at radius 2 is 0.860 bits per heavy atom. The number of ether oxygens (including phenoxy) is 2. The first-order chi connectivity index (χ1) is 27.7. The lowest BCUT2D eigenvalue weighted by Crippen LogP contribution is -2.29. The SMILES string of the molecule is CCCCCCCC/C=C\CCCCCCCCCCCC(=O)O[C@H](COC(=O)CCCCCCCCCCCCCCCCC)COP(=O)(O)OC[C@@H](O)CO. The van der Waals surface area contributed by atoms with E-state index in [1.54, 1.807) is 0 Å². The molecule has 57 heavy (non-hydrogen) atoms. The molecule has 0 bridgehead atoms. The summed E-state index contributed by atoms with van der Waals surface area (Å²) in [6, 6.07) is 0. The van der Waals surface area contributed by atoms with Gasteiger partial charge in [0.2, 0.25) is 0 Å². The molecule has 0 spiro atoms. The second kappa shape index (κ2) is 42.8. The molecule has 0 fully saturated rings. The summed E-state index contributed by atoms with van der Waals surface area (Å²) in [6.45, 7) is 2.42. The Morgan fingerprint density at radius 1 is 0.509 bits per heavy atom. The zero-order valence-electron chi connectivity index (χ0n) is 36.8. The molecule has 0 radical (unpaired) electrons. The van der Waals surface area contributed by atoms with Gasteiger partial charge in [-0.2, -0.15) is 0 Å². The van der Waals surface area contributed by atoms with E-state index in [9.17, 15) is 24.2 Å². The zero-order chi connectivity index (χ0) is 41.9. The first-order valence-corrected chi connectivity index (χ1v) is 25.1. The van der Waals surface area contributed by atoms with Gasteiger partial charge in [0, 0.05) is 12.8 Å². The third-order valence-corrected chi connectivity index (χ3v) is 11.4. The van der Waals surface area contributed by atoms with Crippen molar-refractivity contribution in [2.45, 2.75) is 244 Å². The lowest BCUT2D eigenvalue weighted by molar-refractivity contribution is -0.161. The Morgan fingerprint density at radius 3 is 1.26 bits per heavy atom. The standard InChI is InChI=1S/C46H89O10P/c1-3-5-7-9-11-13-15-17-19-20-21-22-24-26-28-30-32-34-36-38-46(50)56-44(42-55-57(51,52)54-40-43(48)39-47)41-53-45(49)37-35-33-31-29-27-25-23-18-16-14-12-10-8-6-4-2/h17,19,43-44,47-48H,3-16,18,20-42H2,1-2H3,(H,51,52)/b19-17-/t43-,44+/m0/s1. The molecule has 3 N–H and O–H groups in total. The molecule has 0 rings (SSSR count). The molecule has 0 amide bonds. The van der Waals surface area contributed by atoms with E-state index in [4.69, 9.17) is 23.6 Å². The second-order valence-electron chi connectivity index (χ2n) is 16.1. The Kier molecular flexibility index (Phi) is 41.9. The van der Waals surface area contributed by atoms with Crippen molar-refractivity contribution in [1.29, 1.82) is 0 Å². The largest absolute Gasteiger partial charge is 0.472 e. The fourth-order valence-electron chi connectivity index (χ4n) is 6.75. The van der Waals surface area contributed by atoms with Gasteiger partial charge in [0.25, 0.3) is 0 Å². The molecule has 0 aliphatic carbocycles. The van der Waals surface area contributed by atoms with Crippen LogP contribution in [0.1, 0.15) is 232 Å². The molecule has 0 aliphatic rings. The third-order valence-electron chi connectivity index (χ3n) is 10.4. The molecule has 0 aromatic rings. The summed E-state index contributed by atoms with van der Waals surface area (Å²) in [4.78, 5) is 35.1. The molecule has 1 unspecified atom stereocenters. The summed E-state index contributed by atoms with van der Waals surface area (Å²) in [5.74, 6) is -0.914. The lowest BCUT2D eigenvalue weighted by atomic mass is 10.0. The Labute approximate surface area is 349 Å². The van der Waals surface area contributed by atoms with Crippen LogP contribution in [0.25, 0.3) is 0 Å². The van der Waals surface area contributed by atoms with Crippen molar-refractivity contribution in [2.75, 3.05) is 26.4 Å². The van der Waals surface area contributed by atoms with E-state index in [1.165, 1.54) is 154 Å². The first-order valence-electron chi connectivity index (χ1n) is 23.6. The second-order valence-corrected chi connectivity index (χ2v) is 17.6. The fraction of sp³-hybridized carbons (Fsp3) is 0.913. The zero-order valence-corrected chi connectivity index (χ0v) is 37.7. The average molecular weight is 833 g/mol. The van der Waals surface area contributed by atoms with E-state index >= 15 is 0 Å². The molecule has 0 aromatic heterocycles. The van der Waals surface area contributed by atoms with Crippen molar-refractivity contribution < 1.29 is 47.8 Å². The van der Waals surface area contributed by atoms with Crippen LogP contribution in [0.5, 0.6) is 0 Å². The summed E-state index contributed by atoms with van der Waals surface area (Å²) in [5.41, 5.74) is 0. The van der Waals surface area contributed by atoms with Gasteiger partial charge in [-0.05, 0) is 38.5 Å². The van der Waals surface area contributed by atoms with Crippen LogP contribution in [0.2, 0.25) is 0 Å². The fourth-order valence-corrected chi connectivity index (χ4v) is 7.54. The predicted molar refractivity (Wildman–Crippen MR) is 233 cm³/mol. The van der Waals surface area contributed by atoms with Gasteiger partial charge in [0.05, 0.1) is 19.8 Å². The van der Waals surface area contributed by atoms with Crippen molar-refractivity contribution >= 4 is 19.8 Å². The number of hydrogen-bond donors (Lipinski definition) is 3. The number of rotatable bonds is 45. The van der Waals surface area contributed by atoms with Crippen LogP contribution >= 0.6 is 7.82 Å². The van der Waals surface area contributed by atoms with Crippen LogP contribution < -0.4 is 0 Å². The highest BCUT2D eigenvalue weighted by molar-refractivity contribution is 7.47. The van der Waals surface area contributed by atoms with Gasteiger partial charge in [0.15, 0.2) is 6.10 Å². The predicted octanol–water partition coefficient (Wildman–Crippen LogP) is 12.8. The Balaban J connectivity index is 4.21. The van der Waals surface area contributed by atoms with Crippen molar-refractivity contribution in [2.24, 2.45) is 0 Å². The monoisotopic (exact) mass is 833 g/mol. The molecule has 11 heteroatoms. The number of aliphatic hydroxyl groups is 2. The van der Waals surface area contributed by atoms with Gasteiger partial charge in [0.1, 0.15) is 12.7 Å². The number of aliphatic hydroxyl groups excluding tert-OH is 2. The third kappa shape index (κ3) is 42.6. The maximum Gasteiger partial charge on any atom is 0.472 e. The van der Waals surface area contributed by atoms with Crippen LogP contribution in [0, 0.1) is 0 Å². The highest BCUT2D eigenvalue weighted by atomic mass is 31.2. The number of unbranched alkanes of at least 4 members (excludes halogenated alkanes) is 29. The van der Waals surface area contributed by atoms with Crippen molar-refractivity contribution in [1.82, 2.24) is 0 Å². The van der Waals surface area contributed by atoms with E-state index < -0.39 is 51.8 Å². The molecular weight excluding hydrogens is 743 g/mol. The van der Waals surface area contributed by atoms with Crippen molar-refractivity contribution in [3.8, 4) is 0 Å². The van der Waals surface area contributed by atoms with Gasteiger partial charge in [-0.15, -0.1) is 0 Å². The Hall–Kier alpha value is -1.29. The summed E-state index contributed by atoms with van der Waals surface area (Å²) in [5, 5.41) is 18.4. The van der Waals surface area contributed by atoms with E-state index in [2.05, 4.69) is 26.0 Å². The van der Waals surface area contributed by atoms with Crippen LogP contribution in [0.4, 0.5) is 0 Å². The minimum atomic E-state index is -4.61. The lowest BCUT2D eigenvalue weighted by Gasteiger charge is -2.20. The number of esters is 2. The topological polar surface area (TPSA) is 149 Å². The van der Waals surface area contributed by atoms with Gasteiger partial charge in [-0.3, -0.25) is 18.6 Å². The van der Waals surface area contributed by atoms with Gasteiger partial charge < -0.3 is 24.6 Å². The van der Waals surface area contributed by atoms with Crippen molar-refractivity contribution in [3.63, 3.8) is 0 Å². The Bertz CT molecular complexity index is 961. The maximum atomic E-state index is 12.6. The minimum Gasteiger partial charge on any atom is -0.462 e. The van der Waals surface area contributed by atoms with Crippen LogP contribution in [-0.4, -0.2) is 65.7 Å². The van der Waals surface area contributed by atoms with Crippen LogP contribution in [0.15, 0.2) is 12.2 Å². The van der Waals surface area contributed by atoms with Gasteiger partial charge in [-0.25, -0.2) is 4.57 Å².